The first-order chi connectivity index (χ1) is 18.8. The molecule has 1 atom stereocenters. The lowest BCUT2D eigenvalue weighted by Gasteiger charge is -2.18. The number of phenols is 1. The third-order valence-electron chi connectivity index (χ3n) is 6.01. The Morgan fingerprint density at radius 1 is 0.925 bits per heavy atom. The van der Waals surface area contributed by atoms with E-state index in [9.17, 15) is 36.6 Å². The van der Waals surface area contributed by atoms with Crippen LogP contribution >= 0.6 is 11.6 Å². The van der Waals surface area contributed by atoms with Gasteiger partial charge in [-0.25, -0.2) is 22.0 Å². The van der Waals surface area contributed by atoms with E-state index in [4.69, 9.17) is 16.3 Å². The van der Waals surface area contributed by atoms with Crippen molar-refractivity contribution in [2.75, 3.05) is 10.6 Å². The number of hydrogen-bond donors (Lipinski definition) is 3. The number of amides is 2. The average molecular weight is 585 g/mol. The molecule has 2 amide bonds. The van der Waals surface area contributed by atoms with E-state index in [0.717, 1.165) is 48.9 Å². The van der Waals surface area contributed by atoms with E-state index in [-0.39, 0.29) is 10.7 Å². The monoisotopic (exact) mass is 584 g/mol. The van der Waals surface area contributed by atoms with Gasteiger partial charge in [0.1, 0.15) is 17.1 Å². The molecule has 40 heavy (non-hydrogen) atoms. The highest BCUT2D eigenvalue weighted by atomic mass is 35.5. The summed E-state index contributed by atoms with van der Waals surface area (Å²) in [6.45, 7) is 5.48. The first kappa shape index (κ1) is 30.7. The van der Waals surface area contributed by atoms with Gasteiger partial charge >= 0.3 is 0 Å². The average Bonchev–Trinajstić information content (AvgIpc) is 2.90. The minimum Gasteiger partial charge on any atom is -0.506 e. The van der Waals surface area contributed by atoms with Gasteiger partial charge in [0.05, 0.1) is 16.4 Å². The second-order valence-corrected chi connectivity index (χ2v) is 9.46. The highest BCUT2D eigenvalue weighted by molar-refractivity contribution is 6.34. The maximum atomic E-state index is 14.0. The summed E-state index contributed by atoms with van der Waals surface area (Å²) in [6.07, 6.45) is 3.26. The van der Waals surface area contributed by atoms with Gasteiger partial charge in [-0.1, -0.05) is 43.5 Å². The smallest absolute Gasteiger partial charge is 0.265 e. The van der Waals surface area contributed by atoms with Crippen LogP contribution in [0.25, 0.3) is 0 Å². The van der Waals surface area contributed by atoms with Gasteiger partial charge in [0, 0.05) is 6.07 Å². The second kappa shape index (κ2) is 13.0. The Morgan fingerprint density at radius 3 is 2.15 bits per heavy atom. The number of ether oxygens (including phenoxy) is 1. The molecule has 1 unspecified atom stereocenters. The molecule has 0 bridgehead atoms. The molecule has 214 valence electrons. The molecular weight excluding hydrogens is 559 g/mol. The lowest BCUT2D eigenvalue weighted by atomic mass is 10.0. The molecule has 0 heterocycles. The second-order valence-electron chi connectivity index (χ2n) is 9.05. The minimum absolute atomic E-state index is 0.100. The van der Waals surface area contributed by atoms with Crippen molar-refractivity contribution in [3.63, 3.8) is 0 Å². The number of nitrogens with one attached hydrogen (secondary N) is 2. The number of anilines is 2. The molecule has 0 spiro atoms. The molecule has 3 N–H and O–H groups in total. The molecule has 12 heteroatoms. The van der Waals surface area contributed by atoms with Crippen molar-refractivity contribution in [2.45, 2.75) is 52.6 Å². The van der Waals surface area contributed by atoms with Crippen molar-refractivity contribution >= 4 is 34.8 Å². The van der Waals surface area contributed by atoms with Crippen LogP contribution < -0.4 is 15.4 Å². The van der Waals surface area contributed by atoms with Crippen LogP contribution in [0.4, 0.5) is 33.3 Å². The summed E-state index contributed by atoms with van der Waals surface area (Å²) in [7, 11) is 0. The van der Waals surface area contributed by atoms with Crippen LogP contribution in [0.15, 0.2) is 30.3 Å². The summed E-state index contributed by atoms with van der Waals surface area (Å²) in [5, 5.41) is 14.4. The first-order valence-electron chi connectivity index (χ1n) is 12.3. The molecule has 0 aliphatic rings. The van der Waals surface area contributed by atoms with Crippen molar-refractivity contribution in [1.29, 1.82) is 0 Å². The van der Waals surface area contributed by atoms with E-state index in [2.05, 4.69) is 12.2 Å². The number of benzene rings is 3. The number of aromatic hydroxyl groups is 1. The number of hydrogen-bond acceptors (Lipinski definition) is 4. The van der Waals surface area contributed by atoms with E-state index >= 15 is 0 Å². The van der Waals surface area contributed by atoms with Gasteiger partial charge < -0.3 is 20.5 Å². The summed E-state index contributed by atoms with van der Waals surface area (Å²) in [6, 6.07) is 7.54. The van der Waals surface area contributed by atoms with Gasteiger partial charge in [-0.3, -0.25) is 9.59 Å². The van der Waals surface area contributed by atoms with Crippen molar-refractivity contribution in [3.8, 4) is 11.5 Å². The van der Waals surface area contributed by atoms with E-state index < -0.39 is 64.0 Å². The highest BCUT2D eigenvalue weighted by Gasteiger charge is 2.30. The van der Waals surface area contributed by atoms with Crippen LogP contribution in [-0.4, -0.2) is 23.0 Å². The summed E-state index contributed by atoms with van der Waals surface area (Å²) in [5.74, 6) is -14.3. The van der Waals surface area contributed by atoms with Crippen molar-refractivity contribution in [1.82, 2.24) is 0 Å². The van der Waals surface area contributed by atoms with Crippen LogP contribution in [0.3, 0.4) is 0 Å². The molecule has 3 aromatic carbocycles. The van der Waals surface area contributed by atoms with Crippen molar-refractivity contribution in [2.24, 2.45) is 0 Å². The largest absolute Gasteiger partial charge is 0.506 e. The number of unbranched alkanes of at least 4 members (excludes halogenated alkanes) is 2. The van der Waals surface area contributed by atoms with Crippen LogP contribution in [-0.2, 0) is 11.2 Å². The minimum atomic E-state index is -2.43. The zero-order valence-corrected chi connectivity index (χ0v) is 22.5. The van der Waals surface area contributed by atoms with Crippen LogP contribution in [0.1, 0.15) is 54.6 Å². The molecule has 0 aliphatic heterocycles. The summed E-state index contributed by atoms with van der Waals surface area (Å²) < 4.78 is 73.9. The molecule has 0 radical (unpaired) electrons. The first-order valence-corrected chi connectivity index (χ1v) is 12.7. The lowest BCUT2D eigenvalue weighted by Crippen LogP contribution is -2.30. The number of aryl methyl sites for hydroxylation is 2. The van der Waals surface area contributed by atoms with Gasteiger partial charge in [0.15, 0.2) is 29.4 Å². The Balaban J connectivity index is 1.71. The van der Waals surface area contributed by atoms with Crippen molar-refractivity contribution in [3.05, 3.63) is 81.1 Å². The van der Waals surface area contributed by atoms with E-state index in [1.807, 2.05) is 24.4 Å². The number of carbonyl (C=O) groups excluding carboxylic acids is 2. The fraction of sp³-hybridized carbons (Fsp3) is 0.286. The highest BCUT2D eigenvalue weighted by Crippen LogP contribution is 2.35. The summed E-state index contributed by atoms with van der Waals surface area (Å²) in [5.41, 5.74) is -0.365. The Kier molecular flexibility index (Phi) is 9.97. The maximum Gasteiger partial charge on any atom is 0.265 e. The van der Waals surface area contributed by atoms with Crippen LogP contribution in [0, 0.1) is 36.0 Å². The summed E-state index contributed by atoms with van der Waals surface area (Å²) in [4.78, 5) is 25.0. The molecule has 0 aliphatic carbocycles. The predicted octanol–water partition coefficient (Wildman–Crippen LogP) is 7.44. The van der Waals surface area contributed by atoms with Gasteiger partial charge in [-0.15, -0.1) is 0 Å². The van der Waals surface area contributed by atoms with Gasteiger partial charge in [-0.05, 0) is 49.9 Å². The molecule has 0 aromatic heterocycles. The number of phenolic OH excluding ortho intramolecular Hbond substituents is 1. The molecular formula is C28H26ClF5N2O4. The van der Waals surface area contributed by atoms with Crippen LogP contribution in [0.2, 0.25) is 5.02 Å². The molecule has 3 aromatic rings. The fourth-order valence-electron chi connectivity index (χ4n) is 3.80. The summed E-state index contributed by atoms with van der Waals surface area (Å²) >= 11 is 6.13. The van der Waals surface area contributed by atoms with Gasteiger partial charge in [0.25, 0.3) is 11.8 Å². The molecule has 0 saturated carbocycles. The Morgan fingerprint density at radius 2 is 1.55 bits per heavy atom. The van der Waals surface area contributed by atoms with E-state index in [1.54, 1.807) is 6.07 Å². The normalized spacial score (nSPS) is 11.7. The molecule has 3 rings (SSSR count). The van der Waals surface area contributed by atoms with Crippen LogP contribution in [0.5, 0.6) is 11.5 Å². The van der Waals surface area contributed by atoms with Gasteiger partial charge in [-0.2, -0.15) is 0 Å². The van der Waals surface area contributed by atoms with Crippen molar-refractivity contribution < 1.29 is 41.4 Å². The predicted molar refractivity (Wildman–Crippen MR) is 140 cm³/mol. The third kappa shape index (κ3) is 6.82. The standard InChI is InChI=1S/C28H26ClF5N2O4/c1-4-5-6-7-15-8-9-20(13(2)10-15)40-14(3)27(38)35-17-12-19(37)18(11-16(17)29)36-28(39)21-22(30)24(32)26(34)25(33)23(21)31/h8-12,14,37H,4-7H2,1-3H3,(H,35,38)(H,36,39). The lowest BCUT2D eigenvalue weighted by molar-refractivity contribution is -0.122. The number of carbonyl (C=O) groups is 2. The topological polar surface area (TPSA) is 87.7 Å². The van der Waals surface area contributed by atoms with E-state index in [0.29, 0.717) is 5.75 Å². The quantitative estimate of drug-likeness (QED) is 0.0760. The molecule has 0 fully saturated rings. The Bertz CT molecular complexity index is 1420. The fourth-order valence-corrected chi connectivity index (χ4v) is 4.01. The Labute approximate surface area is 232 Å². The molecule has 6 nitrogen and oxygen atoms in total. The maximum absolute atomic E-state index is 14.0. The van der Waals surface area contributed by atoms with Gasteiger partial charge in [0.2, 0.25) is 5.82 Å². The zero-order chi connectivity index (χ0) is 29.7. The SMILES string of the molecule is CCCCCc1ccc(OC(C)C(=O)Nc2cc(O)c(NC(=O)c3c(F)c(F)c(F)c(F)c3F)cc2Cl)c(C)c1. The Hall–Kier alpha value is -3.86. The molecule has 0 saturated heterocycles. The number of halogens is 6. The zero-order valence-electron chi connectivity index (χ0n) is 21.7. The number of rotatable bonds is 10. The third-order valence-corrected chi connectivity index (χ3v) is 6.32. The van der Waals surface area contributed by atoms with E-state index in [1.165, 1.54) is 6.92 Å².